The Hall–Kier alpha value is -0.120. The van der Waals surface area contributed by atoms with Gasteiger partial charge in [-0.1, -0.05) is 24.3 Å². The molecule has 0 aliphatic carbocycles. The molecule has 0 spiro atoms. The fraction of sp³-hybridized carbons (Fsp3) is 0.455. The molecule has 76 valence electrons. The molecular formula is C11H15NS2. The Morgan fingerprint density at radius 3 is 2.64 bits per heavy atom. The largest absolute Gasteiger partial charge is 0.326 e. The van der Waals surface area contributed by atoms with Crippen LogP contribution in [-0.2, 0) is 6.54 Å². The van der Waals surface area contributed by atoms with Gasteiger partial charge in [0, 0.05) is 29.1 Å². The van der Waals surface area contributed by atoms with Gasteiger partial charge in [0.15, 0.2) is 0 Å². The quantitative estimate of drug-likeness (QED) is 0.838. The van der Waals surface area contributed by atoms with Gasteiger partial charge in [-0.3, -0.25) is 0 Å². The first-order valence-corrected chi connectivity index (χ1v) is 7.16. The normalized spacial score (nSPS) is 18.4. The predicted octanol–water partition coefficient (Wildman–Crippen LogP) is 2.67. The van der Waals surface area contributed by atoms with Crippen LogP contribution in [0, 0.1) is 0 Å². The standard InChI is InChI=1S/C11H15NS2/c12-5-9-3-1-2-4-11(9)10-6-13-8-14-7-10/h1-4,10H,5-8,12H2. The van der Waals surface area contributed by atoms with Crippen LogP contribution in [0.3, 0.4) is 0 Å². The summed E-state index contributed by atoms with van der Waals surface area (Å²) in [5.41, 5.74) is 8.53. The van der Waals surface area contributed by atoms with Crippen LogP contribution in [0.15, 0.2) is 24.3 Å². The summed E-state index contributed by atoms with van der Waals surface area (Å²) in [6, 6.07) is 8.59. The van der Waals surface area contributed by atoms with E-state index < -0.39 is 0 Å². The molecule has 0 radical (unpaired) electrons. The Labute approximate surface area is 93.8 Å². The highest BCUT2D eigenvalue weighted by Gasteiger charge is 2.17. The summed E-state index contributed by atoms with van der Waals surface area (Å²) >= 11 is 4.08. The number of rotatable bonds is 2. The predicted molar refractivity (Wildman–Crippen MR) is 66.9 cm³/mol. The Morgan fingerprint density at radius 1 is 1.21 bits per heavy atom. The number of benzene rings is 1. The lowest BCUT2D eigenvalue weighted by Gasteiger charge is -2.23. The van der Waals surface area contributed by atoms with Gasteiger partial charge in [0.05, 0.1) is 0 Å². The van der Waals surface area contributed by atoms with Gasteiger partial charge in [0.25, 0.3) is 0 Å². The molecule has 1 nitrogen and oxygen atoms in total. The molecule has 0 amide bonds. The van der Waals surface area contributed by atoms with Crippen molar-refractivity contribution in [3.8, 4) is 0 Å². The maximum absolute atomic E-state index is 5.74. The topological polar surface area (TPSA) is 26.0 Å². The Balaban J connectivity index is 2.20. The maximum Gasteiger partial charge on any atom is 0.0392 e. The highest BCUT2D eigenvalue weighted by molar-refractivity contribution is 8.16. The van der Waals surface area contributed by atoms with Crippen LogP contribution in [0.4, 0.5) is 0 Å². The minimum absolute atomic E-state index is 0.669. The van der Waals surface area contributed by atoms with Crippen LogP contribution in [0.5, 0.6) is 0 Å². The minimum atomic E-state index is 0.669. The Kier molecular flexibility index (Phi) is 3.79. The fourth-order valence-corrected chi connectivity index (χ4v) is 4.34. The van der Waals surface area contributed by atoms with E-state index in [0.29, 0.717) is 12.5 Å². The molecule has 14 heavy (non-hydrogen) atoms. The summed E-state index contributed by atoms with van der Waals surface area (Å²) in [7, 11) is 0. The van der Waals surface area contributed by atoms with Crippen molar-refractivity contribution in [2.45, 2.75) is 12.5 Å². The second-order valence-electron chi connectivity index (χ2n) is 3.46. The first-order chi connectivity index (χ1) is 6.92. The molecule has 3 heteroatoms. The van der Waals surface area contributed by atoms with Crippen LogP contribution >= 0.6 is 23.5 Å². The second-order valence-corrected chi connectivity index (χ2v) is 5.89. The van der Waals surface area contributed by atoms with Gasteiger partial charge >= 0.3 is 0 Å². The first-order valence-electron chi connectivity index (χ1n) is 4.85. The fourth-order valence-electron chi connectivity index (χ4n) is 1.79. The molecule has 2 rings (SSSR count). The zero-order valence-corrected chi connectivity index (χ0v) is 9.74. The Morgan fingerprint density at radius 2 is 1.93 bits per heavy atom. The van der Waals surface area contributed by atoms with E-state index in [1.807, 2.05) is 23.5 Å². The van der Waals surface area contributed by atoms with E-state index in [0.717, 1.165) is 0 Å². The summed E-state index contributed by atoms with van der Waals surface area (Å²) in [5, 5.41) is 1.25. The molecule has 1 aliphatic heterocycles. The number of hydrogen-bond acceptors (Lipinski definition) is 3. The maximum atomic E-state index is 5.74. The van der Waals surface area contributed by atoms with E-state index in [-0.39, 0.29) is 0 Å². The molecule has 2 N–H and O–H groups in total. The molecule has 1 fully saturated rings. The molecular weight excluding hydrogens is 210 g/mol. The van der Waals surface area contributed by atoms with Crippen LogP contribution in [0.2, 0.25) is 0 Å². The van der Waals surface area contributed by atoms with Crippen molar-refractivity contribution in [1.29, 1.82) is 0 Å². The van der Waals surface area contributed by atoms with Crippen molar-refractivity contribution >= 4 is 23.5 Å². The molecule has 0 bridgehead atoms. The zero-order valence-electron chi connectivity index (χ0n) is 8.11. The number of hydrogen-bond donors (Lipinski definition) is 1. The summed E-state index contributed by atoms with van der Waals surface area (Å²) < 4.78 is 0. The second kappa shape index (κ2) is 5.10. The van der Waals surface area contributed by atoms with Crippen LogP contribution in [0.1, 0.15) is 17.0 Å². The van der Waals surface area contributed by atoms with Crippen LogP contribution < -0.4 is 5.73 Å². The van der Waals surface area contributed by atoms with Crippen molar-refractivity contribution in [2.75, 3.05) is 16.6 Å². The summed E-state index contributed by atoms with van der Waals surface area (Å²) in [6.07, 6.45) is 0. The van der Waals surface area contributed by atoms with Crippen LogP contribution in [0.25, 0.3) is 0 Å². The van der Waals surface area contributed by atoms with Crippen molar-refractivity contribution in [1.82, 2.24) is 0 Å². The van der Waals surface area contributed by atoms with Gasteiger partial charge in [0.1, 0.15) is 0 Å². The molecule has 1 aliphatic rings. The minimum Gasteiger partial charge on any atom is -0.326 e. The van der Waals surface area contributed by atoms with E-state index in [1.54, 1.807) is 0 Å². The average molecular weight is 225 g/mol. The molecule has 1 saturated heterocycles. The van der Waals surface area contributed by atoms with E-state index >= 15 is 0 Å². The highest BCUT2D eigenvalue weighted by atomic mass is 32.2. The number of thioether (sulfide) groups is 2. The van der Waals surface area contributed by atoms with E-state index in [2.05, 4.69) is 24.3 Å². The molecule has 0 saturated carbocycles. The molecule has 0 unspecified atom stereocenters. The van der Waals surface area contributed by atoms with Crippen LogP contribution in [-0.4, -0.2) is 16.6 Å². The third-order valence-electron chi connectivity index (χ3n) is 2.52. The summed E-state index contributed by atoms with van der Waals surface area (Å²) in [5.74, 6) is 3.21. The van der Waals surface area contributed by atoms with Gasteiger partial charge in [-0.15, -0.1) is 0 Å². The number of nitrogens with two attached hydrogens (primary N) is 1. The van der Waals surface area contributed by atoms with E-state index in [9.17, 15) is 0 Å². The smallest absolute Gasteiger partial charge is 0.0392 e. The SMILES string of the molecule is NCc1ccccc1C1CSCSC1. The van der Waals surface area contributed by atoms with Gasteiger partial charge in [0.2, 0.25) is 0 Å². The van der Waals surface area contributed by atoms with Crippen molar-refractivity contribution in [2.24, 2.45) is 5.73 Å². The van der Waals surface area contributed by atoms with Gasteiger partial charge < -0.3 is 5.73 Å². The van der Waals surface area contributed by atoms with E-state index in [4.69, 9.17) is 5.73 Å². The summed E-state index contributed by atoms with van der Waals surface area (Å²) in [4.78, 5) is 0. The van der Waals surface area contributed by atoms with Gasteiger partial charge in [-0.2, -0.15) is 23.5 Å². The Bertz CT molecular complexity index is 295. The van der Waals surface area contributed by atoms with Crippen molar-refractivity contribution < 1.29 is 0 Å². The van der Waals surface area contributed by atoms with E-state index in [1.165, 1.54) is 27.7 Å². The molecule has 1 aromatic rings. The van der Waals surface area contributed by atoms with Gasteiger partial charge in [-0.05, 0) is 11.1 Å². The monoisotopic (exact) mass is 225 g/mol. The lowest BCUT2D eigenvalue weighted by atomic mass is 9.97. The molecule has 1 aromatic carbocycles. The third-order valence-corrected chi connectivity index (χ3v) is 5.13. The molecule has 1 heterocycles. The highest BCUT2D eigenvalue weighted by Crippen LogP contribution is 2.33. The van der Waals surface area contributed by atoms with Gasteiger partial charge in [-0.25, -0.2) is 0 Å². The lowest BCUT2D eigenvalue weighted by molar-refractivity contribution is 0.861. The van der Waals surface area contributed by atoms with Crippen molar-refractivity contribution in [3.05, 3.63) is 35.4 Å². The molecule has 0 atom stereocenters. The third kappa shape index (κ3) is 2.27. The first kappa shape index (κ1) is 10.4. The zero-order chi connectivity index (χ0) is 9.80. The lowest BCUT2D eigenvalue weighted by Crippen LogP contribution is -2.13. The van der Waals surface area contributed by atoms with Crippen molar-refractivity contribution in [3.63, 3.8) is 0 Å². The average Bonchev–Trinajstić information content (AvgIpc) is 2.30. The molecule has 0 aromatic heterocycles. The summed E-state index contributed by atoms with van der Waals surface area (Å²) in [6.45, 7) is 0.669.